The van der Waals surface area contributed by atoms with Crippen molar-refractivity contribution in [1.82, 2.24) is 4.57 Å². The third kappa shape index (κ3) is 2.42. The van der Waals surface area contributed by atoms with E-state index in [1.54, 1.807) is 22.9 Å². The first-order chi connectivity index (χ1) is 6.15. The molecule has 3 heteroatoms. The second-order valence-corrected chi connectivity index (χ2v) is 3.54. The van der Waals surface area contributed by atoms with Gasteiger partial charge in [0.15, 0.2) is 0 Å². The van der Waals surface area contributed by atoms with Gasteiger partial charge >= 0.3 is 0 Å². The molecule has 1 rings (SSSR count). The van der Waals surface area contributed by atoms with Gasteiger partial charge in [-0.15, -0.1) is 0 Å². The first-order valence-electron chi connectivity index (χ1n) is 4.44. The summed E-state index contributed by atoms with van der Waals surface area (Å²) in [7, 11) is 0. The van der Waals surface area contributed by atoms with Crippen molar-refractivity contribution in [2.45, 2.75) is 27.0 Å². The van der Waals surface area contributed by atoms with Crippen LogP contribution in [0.15, 0.2) is 23.1 Å². The summed E-state index contributed by atoms with van der Waals surface area (Å²) < 4.78 is 1.64. The molecule has 0 aliphatic carbocycles. The van der Waals surface area contributed by atoms with Gasteiger partial charge in [0.1, 0.15) is 0 Å². The first-order valence-corrected chi connectivity index (χ1v) is 4.44. The molecule has 1 aromatic heterocycles. The molecule has 0 spiro atoms. The molecular weight excluding hydrogens is 166 g/mol. The Balaban J connectivity index is 3.02. The topological polar surface area (TPSA) is 42.2 Å². The molecule has 72 valence electrons. The fourth-order valence-corrected chi connectivity index (χ4v) is 1.24. The average molecular weight is 181 g/mol. The maximum atomic E-state index is 11.5. The number of pyridine rings is 1. The van der Waals surface area contributed by atoms with E-state index >= 15 is 0 Å². The number of aliphatic hydroxyl groups excluding tert-OH is 1. The Hall–Kier alpha value is -1.09. The number of nitrogens with zero attached hydrogens (tertiary/aromatic N) is 1. The highest BCUT2D eigenvalue weighted by molar-refractivity contribution is 5.08. The van der Waals surface area contributed by atoms with E-state index in [2.05, 4.69) is 13.8 Å². The van der Waals surface area contributed by atoms with Crippen LogP contribution in [0.25, 0.3) is 0 Å². The molecule has 1 N–H and O–H groups in total. The summed E-state index contributed by atoms with van der Waals surface area (Å²) in [6, 6.07) is 3.44. The Morgan fingerprint density at radius 3 is 2.77 bits per heavy atom. The van der Waals surface area contributed by atoms with Crippen molar-refractivity contribution in [3.63, 3.8) is 0 Å². The Labute approximate surface area is 77.6 Å². The van der Waals surface area contributed by atoms with Gasteiger partial charge in [0.25, 0.3) is 5.56 Å². The van der Waals surface area contributed by atoms with Crippen LogP contribution in [0.2, 0.25) is 0 Å². The van der Waals surface area contributed by atoms with Crippen LogP contribution in [0.4, 0.5) is 0 Å². The van der Waals surface area contributed by atoms with Gasteiger partial charge in [-0.2, -0.15) is 0 Å². The number of hydrogen-bond donors (Lipinski definition) is 1. The summed E-state index contributed by atoms with van der Waals surface area (Å²) in [5.74, 6) is 0.437. The van der Waals surface area contributed by atoms with E-state index in [1.165, 1.54) is 0 Å². The lowest BCUT2D eigenvalue weighted by molar-refractivity contribution is 0.278. The summed E-state index contributed by atoms with van der Waals surface area (Å²) >= 11 is 0. The molecule has 0 saturated heterocycles. The zero-order chi connectivity index (χ0) is 9.84. The number of hydrogen-bond acceptors (Lipinski definition) is 2. The van der Waals surface area contributed by atoms with E-state index in [4.69, 9.17) is 5.11 Å². The minimum absolute atomic E-state index is 0.0845. The van der Waals surface area contributed by atoms with Crippen molar-refractivity contribution in [2.75, 3.05) is 0 Å². The van der Waals surface area contributed by atoms with E-state index in [9.17, 15) is 4.79 Å². The van der Waals surface area contributed by atoms with Crippen LogP contribution in [0.1, 0.15) is 19.4 Å². The second-order valence-electron chi connectivity index (χ2n) is 3.54. The van der Waals surface area contributed by atoms with Crippen LogP contribution in [0.5, 0.6) is 0 Å². The Morgan fingerprint density at radius 1 is 1.54 bits per heavy atom. The zero-order valence-electron chi connectivity index (χ0n) is 8.03. The smallest absolute Gasteiger partial charge is 0.256 e. The Kier molecular flexibility index (Phi) is 3.25. The summed E-state index contributed by atoms with van der Waals surface area (Å²) in [4.78, 5) is 11.5. The van der Waals surface area contributed by atoms with Gasteiger partial charge in [-0.3, -0.25) is 4.79 Å². The molecule has 0 aromatic carbocycles. The van der Waals surface area contributed by atoms with Crippen molar-refractivity contribution in [2.24, 2.45) is 5.92 Å². The summed E-state index contributed by atoms with van der Waals surface area (Å²) in [5.41, 5.74) is 0.377. The molecule has 0 bridgehead atoms. The molecule has 0 atom stereocenters. The standard InChI is InChI=1S/C10H15NO2/c1-8(2)6-11-5-3-4-9(7-12)10(11)13/h3-5,8,12H,6-7H2,1-2H3. The van der Waals surface area contributed by atoms with Gasteiger partial charge in [-0.05, 0) is 18.1 Å². The zero-order valence-corrected chi connectivity index (χ0v) is 8.03. The number of rotatable bonds is 3. The monoisotopic (exact) mass is 181 g/mol. The Bertz CT molecular complexity index is 328. The molecule has 1 aromatic rings. The lowest BCUT2D eigenvalue weighted by Gasteiger charge is -2.08. The fourth-order valence-electron chi connectivity index (χ4n) is 1.24. The van der Waals surface area contributed by atoms with E-state index in [1.807, 2.05) is 0 Å². The minimum Gasteiger partial charge on any atom is -0.391 e. The molecule has 0 fully saturated rings. The molecule has 13 heavy (non-hydrogen) atoms. The molecule has 0 saturated carbocycles. The quantitative estimate of drug-likeness (QED) is 0.755. The number of aromatic nitrogens is 1. The summed E-state index contributed by atoms with van der Waals surface area (Å²) in [6.45, 7) is 4.63. The molecule has 0 amide bonds. The highest BCUT2D eigenvalue weighted by Crippen LogP contribution is 1.97. The summed E-state index contributed by atoms with van der Waals surface area (Å²) in [6.07, 6.45) is 1.75. The molecule has 1 heterocycles. The maximum absolute atomic E-state index is 11.5. The largest absolute Gasteiger partial charge is 0.391 e. The van der Waals surface area contributed by atoms with E-state index in [0.29, 0.717) is 18.0 Å². The van der Waals surface area contributed by atoms with Crippen molar-refractivity contribution < 1.29 is 5.11 Å². The maximum Gasteiger partial charge on any atom is 0.256 e. The lowest BCUT2D eigenvalue weighted by Crippen LogP contribution is -2.24. The fraction of sp³-hybridized carbons (Fsp3) is 0.500. The molecule has 0 aliphatic rings. The van der Waals surface area contributed by atoms with Crippen molar-refractivity contribution >= 4 is 0 Å². The normalized spacial score (nSPS) is 10.8. The van der Waals surface area contributed by atoms with Gasteiger partial charge < -0.3 is 9.67 Å². The van der Waals surface area contributed by atoms with E-state index in [-0.39, 0.29) is 12.2 Å². The van der Waals surface area contributed by atoms with Gasteiger partial charge in [-0.1, -0.05) is 13.8 Å². The predicted molar refractivity (Wildman–Crippen MR) is 51.5 cm³/mol. The van der Waals surface area contributed by atoms with E-state index < -0.39 is 0 Å². The van der Waals surface area contributed by atoms with Gasteiger partial charge in [0.05, 0.1) is 6.61 Å². The van der Waals surface area contributed by atoms with Crippen molar-refractivity contribution in [3.8, 4) is 0 Å². The first kappa shape index (κ1) is 9.99. The predicted octanol–water partition coefficient (Wildman–Crippen LogP) is 0.997. The van der Waals surface area contributed by atoms with Crippen LogP contribution < -0.4 is 5.56 Å². The average Bonchev–Trinajstić information content (AvgIpc) is 2.08. The molecule has 0 unspecified atom stereocenters. The van der Waals surface area contributed by atoms with Gasteiger partial charge in [0.2, 0.25) is 0 Å². The van der Waals surface area contributed by atoms with Crippen LogP contribution >= 0.6 is 0 Å². The lowest BCUT2D eigenvalue weighted by atomic mass is 10.2. The third-order valence-electron chi connectivity index (χ3n) is 1.83. The van der Waals surface area contributed by atoms with Crippen LogP contribution in [0, 0.1) is 5.92 Å². The molecular formula is C10H15NO2. The highest BCUT2D eigenvalue weighted by Gasteiger charge is 2.02. The molecule has 0 radical (unpaired) electrons. The van der Waals surface area contributed by atoms with Crippen LogP contribution in [-0.4, -0.2) is 9.67 Å². The van der Waals surface area contributed by atoms with Crippen molar-refractivity contribution in [1.29, 1.82) is 0 Å². The Morgan fingerprint density at radius 2 is 2.23 bits per heavy atom. The second kappa shape index (κ2) is 4.23. The van der Waals surface area contributed by atoms with Gasteiger partial charge in [0, 0.05) is 18.3 Å². The summed E-state index contributed by atoms with van der Waals surface area (Å²) in [5, 5.41) is 8.86. The highest BCUT2D eigenvalue weighted by atomic mass is 16.3. The molecule has 0 aliphatic heterocycles. The SMILES string of the molecule is CC(C)Cn1cccc(CO)c1=O. The van der Waals surface area contributed by atoms with Crippen LogP contribution in [0.3, 0.4) is 0 Å². The van der Waals surface area contributed by atoms with Gasteiger partial charge in [-0.25, -0.2) is 0 Å². The van der Waals surface area contributed by atoms with E-state index in [0.717, 1.165) is 0 Å². The minimum atomic E-state index is -0.183. The van der Waals surface area contributed by atoms with Crippen LogP contribution in [-0.2, 0) is 13.2 Å². The number of aliphatic hydroxyl groups is 1. The molecule has 3 nitrogen and oxygen atoms in total. The van der Waals surface area contributed by atoms with Crippen molar-refractivity contribution in [3.05, 3.63) is 34.2 Å². The third-order valence-corrected chi connectivity index (χ3v) is 1.83.